The van der Waals surface area contributed by atoms with Crippen molar-refractivity contribution in [1.29, 1.82) is 0 Å². The van der Waals surface area contributed by atoms with Crippen molar-refractivity contribution in [2.24, 2.45) is 0 Å². The number of rotatable bonds is 3. The Morgan fingerprint density at radius 3 is 2.88 bits per heavy atom. The van der Waals surface area contributed by atoms with E-state index >= 15 is 0 Å². The quantitative estimate of drug-likeness (QED) is 0.889. The van der Waals surface area contributed by atoms with Gasteiger partial charge in [-0.3, -0.25) is 0 Å². The van der Waals surface area contributed by atoms with Crippen LogP contribution < -0.4 is 4.74 Å². The van der Waals surface area contributed by atoms with Gasteiger partial charge in [0.2, 0.25) is 0 Å². The van der Waals surface area contributed by atoms with Gasteiger partial charge in [0.05, 0.1) is 18.3 Å². The monoisotopic (exact) mass is 235 g/mol. The highest BCUT2D eigenvalue weighted by molar-refractivity contribution is 7.07. The zero-order valence-corrected chi connectivity index (χ0v) is 9.99. The normalized spacial score (nSPS) is 12.4. The molecule has 1 aromatic heterocycles. The fourth-order valence-corrected chi connectivity index (χ4v) is 2.16. The van der Waals surface area contributed by atoms with Crippen molar-refractivity contribution in [2.45, 2.75) is 13.0 Å². The number of thiazole rings is 1. The van der Waals surface area contributed by atoms with E-state index in [-0.39, 0.29) is 0 Å². The third-order valence-electron chi connectivity index (χ3n) is 2.41. The van der Waals surface area contributed by atoms with Crippen LogP contribution in [0.3, 0.4) is 0 Å². The minimum Gasteiger partial charge on any atom is -0.496 e. The van der Waals surface area contributed by atoms with Crippen LogP contribution in [-0.2, 0) is 0 Å². The third-order valence-corrected chi connectivity index (χ3v) is 3.02. The predicted octanol–water partition coefficient (Wildman–Crippen LogP) is 2.54. The van der Waals surface area contributed by atoms with Gasteiger partial charge in [0.15, 0.2) is 0 Å². The van der Waals surface area contributed by atoms with Gasteiger partial charge in [-0.15, -0.1) is 11.3 Å². The van der Waals surface area contributed by atoms with Crippen LogP contribution in [-0.4, -0.2) is 17.2 Å². The average molecular weight is 235 g/mol. The number of aliphatic hydroxyl groups excluding tert-OH is 1. The summed E-state index contributed by atoms with van der Waals surface area (Å²) in [5, 5.41) is 12.0. The molecule has 0 bridgehead atoms. The molecule has 16 heavy (non-hydrogen) atoms. The maximum absolute atomic E-state index is 10.2. The minimum atomic E-state index is -0.721. The first-order valence-corrected chi connectivity index (χ1v) is 5.87. The Morgan fingerprint density at radius 2 is 2.25 bits per heavy atom. The van der Waals surface area contributed by atoms with E-state index in [0.717, 1.165) is 11.1 Å². The van der Waals surface area contributed by atoms with Crippen LogP contribution in [0.25, 0.3) is 0 Å². The van der Waals surface area contributed by atoms with E-state index in [1.54, 1.807) is 12.6 Å². The van der Waals surface area contributed by atoms with Crippen LogP contribution in [0, 0.1) is 6.92 Å². The lowest BCUT2D eigenvalue weighted by molar-refractivity contribution is 0.210. The standard InChI is InChI=1S/C12H13NO2S/c1-8-3-4-11(15-2)9(5-8)12(14)10-6-16-7-13-10/h3-7,12,14H,1-2H3. The number of hydrogen-bond donors (Lipinski definition) is 1. The third kappa shape index (κ3) is 2.08. The number of aryl methyl sites for hydroxylation is 1. The van der Waals surface area contributed by atoms with Crippen LogP contribution in [0.1, 0.15) is 22.9 Å². The number of aliphatic hydroxyl groups is 1. The number of benzene rings is 1. The topological polar surface area (TPSA) is 42.4 Å². The largest absolute Gasteiger partial charge is 0.496 e. The maximum atomic E-state index is 10.2. The van der Waals surface area contributed by atoms with Crippen molar-refractivity contribution in [3.8, 4) is 5.75 Å². The van der Waals surface area contributed by atoms with Crippen molar-refractivity contribution in [3.05, 3.63) is 45.9 Å². The van der Waals surface area contributed by atoms with E-state index in [9.17, 15) is 5.11 Å². The van der Waals surface area contributed by atoms with Gasteiger partial charge in [0, 0.05) is 10.9 Å². The lowest BCUT2D eigenvalue weighted by Gasteiger charge is -2.13. The first-order valence-electron chi connectivity index (χ1n) is 4.93. The molecule has 3 nitrogen and oxygen atoms in total. The second-order valence-electron chi connectivity index (χ2n) is 3.56. The molecule has 2 rings (SSSR count). The van der Waals surface area contributed by atoms with E-state index in [4.69, 9.17) is 4.74 Å². The maximum Gasteiger partial charge on any atom is 0.125 e. The highest BCUT2D eigenvalue weighted by Crippen LogP contribution is 2.30. The molecular weight excluding hydrogens is 222 g/mol. The molecule has 0 amide bonds. The van der Waals surface area contributed by atoms with E-state index in [1.807, 2.05) is 30.5 Å². The summed E-state index contributed by atoms with van der Waals surface area (Å²) in [7, 11) is 1.60. The summed E-state index contributed by atoms with van der Waals surface area (Å²) < 4.78 is 5.24. The van der Waals surface area contributed by atoms with Gasteiger partial charge in [0.25, 0.3) is 0 Å². The van der Waals surface area contributed by atoms with Gasteiger partial charge in [-0.2, -0.15) is 0 Å². The van der Waals surface area contributed by atoms with Gasteiger partial charge >= 0.3 is 0 Å². The molecule has 0 saturated heterocycles. The Labute approximate surface area is 98.4 Å². The molecule has 4 heteroatoms. The van der Waals surface area contributed by atoms with Crippen LogP contribution >= 0.6 is 11.3 Å². The molecule has 0 spiro atoms. The minimum absolute atomic E-state index is 0.661. The summed E-state index contributed by atoms with van der Waals surface area (Å²) in [5.74, 6) is 0.686. The van der Waals surface area contributed by atoms with Gasteiger partial charge in [-0.05, 0) is 19.1 Å². The first-order chi connectivity index (χ1) is 7.72. The molecule has 2 aromatic rings. The second-order valence-corrected chi connectivity index (χ2v) is 4.28. The molecule has 0 fully saturated rings. The van der Waals surface area contributed by atoms with E-state index in [0.29, 0.717) is 11.4 Å². The first kappa shape index (κ1) is 11.1. The Kier molecular flexibility index (Phi) is 3.22. The summed E-state index contributed by atoms with van der Waals surface area (Å²) in [6.45, 7) is 1.98. The smallest absolute Gasteiger partial charge is 0.125 e. The van der Waals surface area contributed by atoms with Crippen molar-refractivity contribution >= 4 is 11.3 Å². The van der Waals surface area contributed by atoms with Gasteiger partial charge in [-0.1, -0.05) is 11.6 Å². The highest BCUT2D eigenvalue weighted by Gasteiger charge is 2.16. The van der Waals surface area contributed by atoms with E-state index in [1.165, 1.54) is 11.3 Å². The number of methoxy groups -OCH3 is 1. The Bertz CT molecular complexity index is 468. The zero-order valence-electron chi connectivity index (χ0n) is 9.18. The number of ether oxygens (including phenoxy) is 1. The van der Waals surface area contributed by atoms with Gasteiger partial charge in [-0.25, -0.2) is 4.98 Å². The zero-order chi connectivity index (χ0) is 11.5. The SMILES string of the molecule is COc1ccc(C)cc1C(O)c1cscn1. The Balaban J connectivity index is 2.42. The fraction of sp³-hybridized carbons (Fsp3) is 0.250. The van der Waals surface area contributed by atoms with Gasteiger partial charge < -0.3 is 9.84 Å². The molecule has 0 radical (unpaired) electrons. The molecule has 0 saturated carbocycles. The van der Waals surface area contributed by atoms with Crippen molar-refractivity contribution < 1.29 is 9.84 Å². The van der Waals surface area contributed by atoms with Crippen molar-refractivity contribution in [3.63, 3.8) is 0 Å². The van der Waals surface area contributed by atoms with Crippen LogP contribution in [0.4, 0.5) is 0 Å². The predicted molar refractivity (Wildman–Crippen MR) is 63.9 cm³/mol. The van der Waals surface area contributed by atoms with Crippen LogP contribution in [0.5, 0.6) is 5.75 Å². The van der Waals surface area contributed by atoms with Crippen molar-refractivity contribution in [1.82, 2.24) is 4.98 Å². The fourth-order valence-electron chi connectivity index (χ4n) is 1.58. The lowest BCUT2D eigenvalue weighted by Crippen LogP contribution is -2.03. The van der Waals surface area contributed by atoms with Crippen molar-refractivity contribution in [2.75, 3.05) is 7.11 Å². The molecule has 0 aliphatic carbocycles. The molecular formula is C12H13NO2S. The Hall–Kier alpha value is -1.39. The van der Waals surface area contributed by atoms with Crippen LogP contribution in [0.2, 0.25) is 0 Å². The van der Waals surface area contributed by atoms with E-state index in [2.05, 4.69) is 4.98 Å². The molecule has 1 unspecified atom stereocenters. The molecule has 84 valence electrons. The number of aromatic nitrogens is 1. The summed E-state index contributed by atoms with van der Waals surface area (Å²) in [6, 6.07) is 5.74. The summed E-state index contributed by atoms with van der Waals surface area (Å²) in [5.41, 5.74) is 4.22. The lowest BCUT2D eigenvalue weighted by atomic mass is 10.0. The summed E-state index contributed by atoms with van der Waals surface area (Å²) >= 11 is 1.47. The Morgan fingerprint density at radius 1 is 1.44 bits per heavy atom. The van der Waals surface area contributed by atoms with Gasteiger partial charge in [0.1, 0.15) is 11.9 Å². The molecule has 0 aliphatic heterocycles. The summed E-state index contributed by atoms with van der Waals surface area (Å²) in [6.07, 6.45) is -0.721. The molecule has 1 atom stereocenters. The second kappa shape index (κ2) is 4.63. The average Bonchev–Trinajstić information content (AvgIpc) is 2.81. The molecule has 0 aliphatic rings. The van der Waals surface area contributed by atoms with E-state index < -0.39 is 6.10 Å². The summed E-state index contributed by atoms with van der Waals surface area (Å²) in [4.78, 5) is 4.11. The molecule has 1 N–H and O–H groups in total. The molecule has 1 heterocycles. The molecule has 1 aromatic carbocycles. The number of nitrogens with zero attached hydrogens (tertiary/aromatic N) is 1. The van der Waals surface area contributed by atoms with Crippen LogP contribution in [0.15, 0.2) is 29.1 Å². The highest BCUT2D eigenvalue weighted by atomic mass is 32.1. The number of hydrogen-bond acceptors (Lipinski definition) is 4.